The van der Waals surface area contributed by atoms with Gasteiger partial charge in [0.2, 0.25) is 11.8 Å². The molecule has 0 saturated carbocycles. The predicted octanol–water partition coefficient (Wildman–Crippen LogP) is 5.58. The molecule has 0 spiro atoms. The largest absolute Gasteiger partial charge is 0.491 e. The normalized spacial score (nSPS) is 15.8. The summed E-state index contributed by atoms with van der Waals surface area (Å²) in [5.74, 6) is 0.647. The van der Waals surface area contributed by atoms with Gasteiger partial charge in [-0.25, -0.2) is 9.97 Å². The van der Waals surface area contributed by atoms with Crippen LogP contribution in [-0.4, -0.2) is 77.5 Å². The number of pyridine rings is 2. The first-order chi connectivity index (χ1) is 24.2. The number of aromatic nitrogens is 3. The Labute approximate surface area is 294 Å². The van der Waals surface area contributed by atoms with Crippen LogP contribution in [0.2, 0.25) is 0 Å². The topological polar surface area (TPSA) is 127 Å². The zero-order chi connectivity index (χ0) is 34.8. The van der Waals surface area contributed by atoms with E-state index in [1.54, 1.807) is 23.5 Å². The number of nitrogens with one attached hydrogen (secondary N) is 1. The molecule has 2 aliphatic rings. The number of thiazole rings is 1. The number of ether oxygens (including phenoxy) is 2. The maximum absolute atomic E-state index is 12.9. The Kier molecular flexibility index (Phi) is 9.55. The van der Waals surface area contributed by atoms with Crippen molar-refractivity contribution >= 4 is 45.1 Å². The van der Waals surface area contributed by atoms with Crippen LogP contribution in [-0.2, 0) is 27.3 Å². The van der Waals surface area contributed by atoms with Gasteiger partial charge in [-0.2, -0.15) is 0 Å². The molecule has 0 radical (unpaired) electrons. The third kappa shape index (κ3) is 7.08. The molecule has 0 bridgehead atoms. The van der Waals surface area contributed by atoms with E-state index in [-0.39, 0.29) is 18.2 Å². The van der Waals surface area contributed by atoms with Gasteiger partial charge in [-0.15, -0.1) is 11.3 Å². The second-order valence-corrected chi connectivity index (χ2v) is 13.8. The van der Waals surface area contributed by atoms with Crippen molar-refractivity contribution in [3.8, 4) is 27.6 Å². The first-order valence-electron chi connectivity index (χ1n) is 16.7. The fourth-order valence-corrected chi connectivity index (χ4v) is 7.42. The van der Waals surface area contributed by atoms with E-state index in [9.17, 15) is 14.4 Å². The van der Waals surface area contributed by atoms with Crippen molar-refractivity contribution in [2.75, 3.05) is 38.8 Å². The Morgan fingerprint density at radius 2 is 1.84 bits per heavy atom. The van der Waals surface area contributed by atoms with Crippen LogP contribution >= 0.6 is 11.3 Å². The number of piperidine rings is 1. The molecule has 50 heavy (non-hydrogen) atoms. The summed E-state index contributed by atoms with van der Waals surface area (Å²) >= 11 is 1.68. The van der Waals surface area contributed by atoms with E-state index in [1.807, 2.05) is 49.6 Å². The number of imide groups is 1. The number of benzene rings is 2. The highest BCUT2D eigenvalue weighted by Gasteiger charge is 2.39. The summed E-state index contributed by atoms with van der Waals surface area (Å²) in [6.07, 6.45) is 6.11. The molecule has 1 N–H and O–H groups in total. The molecule has 11 nitrogen and oxygen atoms in total. The highest BCUT2D eigenvalue weighted by atomic mass is 32.1. The number of rotatable bonds is 12. The van der Waals surface area contributed by atoms with E-state index in [0.29, 0.717) is 44.1 Å². The molecular formula is C38H38N6O5S. The number of aryl methyl sites for hydroxylation is 2. The fraction of sp³-hybridized carbons (Fsp3) is 0.316. The lowest BCUT2D eigenvalue weighted by Crippen LogP contribution is -2.52. The molecule has 1 fully saturated rings. The summed E-state index contributed by atoms with van der Waals surface area (Å²) in [6, 6.07) is 17.3. The molecule has 1 unspecified atom stereocenters. The minimum absolute atomic E-state index is 0.197. The summed E-state index contributed by atoms with van der Waals surface area (Å²) in [4.78, 5) is 54.4. The van der Waals surface area contributed by atoms with Crippen LogP contribution in [0.3, 0.4) is 0 Å². The van der Waals surface area contributed by atoms with Crippen molar-refractivity contribution in [3.63, 3.8) is 0 Å². The molecule has 5 aromatic rings. The lowest BCUT2D eigenvalue weighted by molar-refractivity contribution is -0.136. The van der Waals surface area contributed by atoms with Crippen molar-refractivity contribution in [1.82, 2.24) is 25.2 Å². The molecule has 7 rings (SSSR count). The van der Waals surface area contributed by atoms with E-state index in [0.717, 1.165) is 61.8 Å². The number of hydrogen-bond acceptors (Lipinski definition) is 10. The maximum Gasteiger partial charge on any atom is 0.255 e. The molecule has 3 aromatic heterocycles. The monoisotopic (exact) mass is 690 g/mol. The first kappa shape index (κ1) is 33.3. The zero-order valence-corrected chi connectivity index (χ0v) is 29.1. The maximum atomic E-state index is 12.9. The number of carbonyl (C=O) groups excluding carboxylic acids is 3. The van der Waals surface area contributed by atoms with Gasteiger partial charge in [-0.1, -0.05) is 6.07 Å². The number of hydrogen-bond donors (Lipinski definition) is 1. The van der Waals surface area contributed by atoms with E-state index in [4.69, 9.17) is 19.4 Å². The van der Waals surface area contributed by atoms with Crippen molar-refractivity contribution in [1.29, 1.82) is 0 Å². The van der Waals surface area contributed by atoms with E-state index in [2.05, 4.69) is 41.5 Å². The lowest BCUT2D eigenvalue weighted by Gasteiger charge is -2.29. The molecule has 3 amide bonds. The van der Waals surface area contributed by atoms with Crippen LogP contribution in [0.25, 0.3) is 32.0 Å². The van der Waals surface area contributed by atoms with E-state index >= 15 is 0 Å². The van der Waals surface area contributed by atoms with Gasteiger partial charge in [0.1, 0.15) is 29.2 Å². The first-order valence-corrected chi connectivity index (χ1v) is 17.5. The summed E-state index contributed by atoms with van der Waals surface area (Å²) in [5, 5.41) is 3.29. The predicted molar refractivity (Wildman–Crippen MR) is 192 cm³/mol. The summed E-state index contributed by atoms with van der Waals surface area (Å²) in [7, 11) is 3.95. The third-order valence-electron chi connectivity index (χ3n) is 9.04. The molecule has 256 valence electrons. The van der Waals surface area contributed by atoms with Crippen LogP contribution in [0, 0.1) is 6.92 Å². The van der Waals surface area contributed by atoms with Gasteiger partial charge in [-0.05, 0) is 91.4 Å². The van der Waals surface area contributed by atoms with Crippen LogP contribution in [0.15, 0.2) is 67.0 Å². The lowest BCUT2D eigenvalue weighted by atomic mass is 10.0. The summed E-state index contributed by atoms with van der Waals surface area (Å²) < 4.78 is 12.9. The SMILES string of the molecule is Cc1cc(-c2ccc(N(C)C)nc2)ncc1-c1nc2ccc(CCCOCCOc3ccc4c(c3)CN(C3CCC(=O)NC3=O)C4=O)cc2s1. The van der Waals surface area contributed by atoms with Gasteiger partial charge < -0.3 is 19.3 Å². The van der Waals surface area contributed by atoms with E-state index < -0.39 is 11.9 Å². The van der Waals surface area contributed by atoms with Gasteiger partial charge in [0.25, 0.3) is 5.91 Å². The Balaban J connectivity index is 0.867. The minimum atomic E-state index is -0.631. The Bertz CT molecular complexity index is 2080. The standard InChI is InChI=1S/C38H38N6O5S/c1-23-17-31(25-7-12-34(40-20-25)43(2)3)39-21-29(23)37-41-30-10-6-24(18-33(30)50-37)5-4-14-48-15-16-49-27-8-9-28-26(19-27)22-44(38(28)47)32-11-13-35(45)42-36(32)46/h6-10,12,17-21,32H,4-5,11,13-16,22H2,1-3H3,(H,42,45,46). The molecule has 0 aliphatic carbocycles. The van der Waals surface area contributed by atoms with Crippen LogP contribution in [0.5, 0.6) is 5.75 Å². The van der Waals surface area contributed by atoms with Crippen LogP contribution < -0.4 is 15.0 Å². The molecule has 1 saturated heterocycles. The van der Waals surface area contributed by atoms with Crippen molar-refractivity contribution in [2.45, 2.75) is 45.2 Å². The molecular weight excluding hydrogens is 653 g/mol. The smallest absolute Gasteiger partial charge is 0.255 e. The quantitative estimate of drug-likeness (QED) is 0.132. The van der Waals surface area contributed by atoms with Gasteiger partial charge >= 0.3 is 0 Å². The van der Waals surface area contributed by atoms with Crippen molar-refractivity contribution < 1.29 is 23.9 Å². The van der Waals surface area contributed by atoms with Gasteiger partial charge in [0.05, 0.1) is 22.5 Å². The molecule has 12 heteroatoms. The highest BCUT2D eigenvalue weighted by Crippen LogP contribution is 2.34. The van der Waals surface area contributed by atoms with Crippen molar-refractivity contribution in [2.24, 2.45) is 0 Å². The Hall–Kier alpha value is -5.20. The van der Waals surface area contributed by atoms with Crippen LogP contribution in [0.4, 0.5) is 5.82 Å². The Morgan fingerprint density at radius 1 is 0.960 bits per heavy atom. The number of fused-ring (bicyclic) bond motifs is 2. The molecule has 5 heterocycles. The second-order valence-electron chi connectivity index (χ2n) is 12.8. The molecule has 1 atom stereocenters. The van der Waals surface area contributed by atoms with Gasteiger partial charge in [0.15, 0.2) is 0 Å². The Morgan fingerprint density at radius 3 is 2.62 bits per heavy atom. The van der Waals surface area contributed by atoms with E-state index in [1.165, 1.54) is 10.5 Å². The van der Waals surface area contributed by atoms with Crippen LogP contribution in [0.1, 0.15) is 46.3 Å². The van der Waals surface area contributed by atoms with Crippen molar-refractivity contribution in [3.05, 3.63) is 89.2 Å². The average Bonchev–Trinajstić information content (AvgIpc) is 3.67. The highest BCUT2D eigenvalue weighted by molar-refractivity contribution is 7.21. The average molecular weight is 691 g/mol. The molecule has 2 aromatic carbocycles. The van der Waals surface area contributed by atoms with Gasteiger partial charge in [-0.3, -0.25) is 24.7 Å². The number of carbonyl (C=O) groups is 3. The van der Waals surface area contributed by atoms with Gasteiger partial charge in [0, 0.05) is 62.8 Å². The summed E-state index contributed by atoms with van der Waals surface area (Å²) in [5.41, 5.74) is 7.62. The second kappa shape index (κ2) is 14.3. The third-order valence-corrected chi connectivity index (χ3v) is 10.1. The number of anilines is 1. The summed E-state index contributed by atoms with van der Waals surface area (Å²) in [6.45, 7) is 3.85. The fourth-order valence-electron chi connectivity index (χ4n) is 6.32. The number of nitrogens with zero attached hydrogens (tertiary/aromatic N) is 5. The zero-order valence-electron chi connectivity index (χ0n) is 28.3. The molecule has 2 aliphatic heterocycles. The minimum Gasteiger partial charge on any atom is -0.491 e. The number of amides is 3.